The van der Waals surface area contributed by atoms with E-state index in [1.807, 2.05) is 6.20 Å². The van der Waals surface area contributed by atoms with Gasteiger partial charge in [0.05, 0.1) is 11.4 Å². The maximum absolute atomic E-state index is 4.43. The van der Waals surface area contributed by atoms with Crippen LogP contribution >= 0.6 is 0 Å². The molecule has 3 nitrogen and oxygen atoms in total. The first-order valence-electron chi connectivity index (χ1n) is 7.21. The molecule has 0 amide bonds. The third-order valence-electron chi connectivity index (χ3n) is 4.51. The van der Waals surface area contributed by atoms with Crippen molar-refractivity contribution in [2.45, 2.75) is 44.6 Å². The minimum absolute atomic E-state index is 0.374. The van der Waals surface area contributed by atoms with Gasteiger partial charge < -0.3 is 10.2 Å². The zero-order valence-corrected chi connectivity index (χ0v) is 11.3. The topological polar surface area (TPSA) is 28.2 Å². The van der Waals surface area contributed by atoms with Crippen LogP contribution in [0.4, 0.5) is 5.69 Å². The monoisotopic (exact) mass is 245 g/mol. The van der Waals surface area contributed by atoms with Crippen molar-refractivity contribution < 1.29 is 0 Å². The van der Waals surface area contributed by atoms with Gasteiger partial charge in [-0.1, -0.05) is 19.3 Å². The molecular weight excluding hydrogens is 222 g/mol. The Morgan fingerprint density at radius 1 is 1.28 bits per heavy atom. The molecule has 2 heterocycles. The van der Waals surface area contributed by atoms with Crippen LogP contribution in [0.15, 0.2) is 18.3 Å². The van der Waals surface area contributed by atoms with Crippen molar-refractivity contribution in [1.82, 2.24) is 10.3 Å². The predicted molar refractivity (Wildman–Crippen MR) is 75.0 cm³/mol. The van der Waals surface area contributed by atoms with E-state index in [-0.39, 0.29) is 0 Å². The van der Waals surface area contributed by atoms with Gasteiger partial charge in [0.1, 0.15) is 0 Å². The Morgan fingerprint density at radius 2 is 2.11 bits per heavy atom. The molecular formula is C15H23N3. The Bertz CT molecular complexity index is 404. The van der Waals surface area contributed by atoms with E-state index in [1.165, 1.54) is 37.8 Å². The van der Waals surface area contributed by atoms with E-state index < -0.39 is 0 Å². The number of nitrogens with zero attached hydrogens (tertiary/aromatic N) is 2. The van der Waals surface area contributed by atoms with Crippen LogP contribution in [0.25, 0.3) is 0 Å². The van der Waals surface area contributed by atoms with Crippen LogP contribution in [0.5, 0.6) is 0 Å². The first kappa shape index (κ1) is 12.0. The molecule has 3 rings (SSSR count). The van der Waals surface area contributed by atoms with Gasteiger partial charge in [-0.2, -0.15) is 0 Å². The molecule has 1 aromatic heterocycles. The molecule has 0 radical (unpaired) electrons. The van der Waals surface area contributed by atoms with Crippen molar-refractivity contribution in [3.05, 3.63) is 24.0 Å². The van der Waals surface area contributed by atoms with E-state index in [4.69, 9.17) is 0 Å². The fraction of sp³-hybridized carbons (Fsp3) is 0.667. The fourth-order valence-corrected chi connectivity index (χ4v) is 3.54. The maximum atomic E-state index is 4.43. The second kappa shape index (κ2) is 4.88. The summed E-state index contributed by atoms with van der Waals surface area (Å²) in [7, 11) is 0. The van der Waals surface area contributed by atoms with E-state index in [9.17, 15) is 0 Å². The third-order valence-corrected chi connectivity index (χ3v) is 4.51. The largest absolute Gasteiger partial charge is 0.367 e. The lowest BCUT2D eigenvalue weighted by atomic mass is 9.80. The zero-order valence-electron chi connectivity index (χ0n) is 11.3. The second-order valence-corrected chi connectivity index (χ2v) is 5.80. The number of hydrogen-bond donors (Lipinski definition) is 1. The van der Waals surface area contributed by atoms with Gasteiger partial charge in [-0.3, -0.25) is 4.98 Å². The second-order valence-electron chi connectivity index (χ2n) is 5.80. The highest BCUT2D eigenvalue weighted by atomic mass is 15.2. The van der Waals surface area contributed by atoms with E-state index in [1.54, 1.807) is 0 Å². The van der Waals surface area contributed by atoms with Crippen LogP contribution in [0, 0.1) is 6.92 Å². The molecule has 0 atom stereocenters. The van der Waals surface area contributed by atoms with Crippen molar-refractivity contribution >= 4 is 5.69 Å². The quantitative estimate of drug-likeness (QED) is 0.824. The molecule has 98 valence electrons. The molecule has 0 unspecified atom stereocenters. The first-order chi connectivity index (χ1) is 8.79. The average Bonchev–Trinajstić information content (AvgIpc) is 2.40. The number of aromatic nitrogens is 1. The molecule has 1 N–H and O–H groups in total. The van der Waals surface area contributed by atoms with Gasteiger partial charge in [0, 0.05) is 31.4 Å². The van der Waals surface area contributed by atoms with E-state index in [0.29, 0.717) is 5.54 Å². The Kier molecular flexibility index (Phi) is 3.25. The molecule has 1 aromatic rings. The molecule has 1 saturated heterocycles. The number of piperazine rings is 1. The van der Waals surface area contributed by atoms with Gasteiger partial charge in [-0.05, 0) is 31.9 Å². The molecule has 1 spiro atoms. The van der Waals surface area contributed by atoms with Crippen LogP contribution in [-0.4, -0.2) is 30.2 Å². The molecule has 0 aromatic carbocycles. The summed E-state index contributed by atoms with van der Waals surface area (Å²) in [5.74, 6) is 0. The van der Waals surface area contributed by atoms with Gasteiger partial charge in [0.15, 0.2) is 0 Å². The number of nitrogens with one attached hydrogen (secondary N) is 1. The lowest BCUT2D eigenvalue weighted by molar-refractivity contribution is 0.216. The molecule has 1 aliphatic heterocycles. The van der Waals surface area contributed by atoms with Gasteiger partial charge in [-0.25, -0.2) is 0 Å². The highest BCUT2D eigenvalue weighted by Crippen LogP contribution is 2.32. The van der Waals surface area contributed by atoms with Crippen molar-refractivity contribution in [2.24, 2.45) is 0 Å². The van der Waals surface area contributed by atoms with Crippen LogP contribution in [0.3, 0.4) is 0 Å². The molecule has 2 aliphatic rings. The third kappa shape index (κ3) is 2.24. The smallest absolute Gasteiger partial charge is 0.0605 e. The molecule has 0 bridgehead atoms. The van der Waals surface area contributed by atoms with Crippen molar-refractivity contribution in [3.63, 3.8) is 0 Å². The van der Waals surface area contributed by atoms with Gasteiger partial charge >= 0.3 is 0 Å². The molecule has 1 aliphatic carbocycles. The van der Waals surface area contributed by atoms with Gasteiger partial charge in [0.2, 0.25) is 0 Å². The summed E-state index contributed by atoms with van der Waals surface area (Å²) < 4.78 is 0. The molecule has 1 saturated carbocycles. The summed E-state index contributed by atoms with van der Waals surface area (Å²) in [6.07, 6.45) is 8.73. The number of aryl methyl sites for hydroxylation is 1. The summed E-state index contributed by atoms with van der Waals surface area (Å²) in [5.41, 5.74) is 2.85. The van der Waals surface area contributed by atoms with Crippen LogP contribution in [0.1, 0.15) is 37.8 Å². The minimum Gasteiger partial charge on any atom is -0.367 e. The standard InChI is InChI=1S/C15H23N3/c1-13-14(6-5-9-16-13)18-11-10-17-15(12-18)7-3-2-4-8-15/h5-6,9,17H,2-4,7-8,10-12H2,1H3. The normalized spacial score (nSPS) is 23.3. The Balaban J connectivity index is 1.80. The van der Waals surface area contributed by atoms with Gasteiger partial charge in [-0.15, -0.1) is 0 Å². The summed E-state index contributed by atoms with van der Waals surface area (Å²) in [6, 6.07) is 4.27. The molecule has 2 fully saturated rings. The highest BCUT2D eigenvalue weighted by Gasteiger charge is 2.36. The Morgan fingerprint density at radius 3 is 2.89 bits per heavy atom. The molecule has 18 heavy (non-hydrogen) atoms. The Hall–Kier alpha value is -1.09. The number of anilines is 1. The lowest BCUT2D eigenvalue weighted by Crippen LogP contribution is -2.61. The van der Waals surface area contributed by atoms with Crippen LogP contribution in [0.2, 0.25) is 0 Å². The number of pyridine rings is 1. The summed E-state index contributed by atoms with van der Waals surface area (Å²) in [6.45, 7) is 5.48. The first-order valence-corrected chi connectivity index (χ1v) is 7.21. The minimum atomic E-state index is 0.374. The number of hydrogen-bond acceptors (Lipinski definition) is 3. The van der Waals surface area contributed by atoms with Gasteiger partial charge in [0.25, 0.3) is 0 Å². The Labute approximate surface area is 110 Å². The number of rotatable bonds is 1. The van der Waals surface area contributed by atoms with E-state index in [0.717, 1.165) is 25.3 Å². The zero-order chi connectivity index (χ0) is 12.4. The lowest BCUT2D eigenvalue weighted by Gasteiger charge is -2.47. The van der Waals surface area contributed by atoms with Crippen molar-refractivity contribution in [2.75, 3.05) is 24.5 Å². The van der Waals surface area contributed by atoms with Crippen molar-refractivity contribution in [3.8, 4) is 0 Å². The summed E-state index contributed by atoms with van der Waals surface area (Å²) >= 11 is 0. The summed E-state index contributed by atoms with van der Waals surface area (Å²) in [5, 5.41) is 3.79. The SMILES string of the molecule is Cc1ncccc1N1CCNC2(CCCCC2)C1. The fourth-order valence-electron chi connectivity index (χ4n) is 3.54. The summed E-state index contributed by atoms with van der Waals surface area (Å²) in [4.78, 5) is 6.96. The maximum Gasteiger partial charge on any atom is 0.0605 e. The van der Waals surface area contributed by atoms with E-state index in [2.05, 4.69) is 34.3 Å². The van der Waals surface area contributed by atoms with Crippen LogP contribution < -0.4 is 10.2 Å². The van der Waals surface area contributed by atoms with E-state index >= 15 is 0 Å². The highest BCUT2D eigenvalue weighted by molar-refractivity contribution is 5.50. The van der Waals surface area contributed by atoms with Crippen LogP contribution in [-0.2, 0) is 0 Å². The van der Waals surface area contributed by atoms with Crippen molar-refractivity contribution in [1.29, 1.82) is 0 Å². The average molecular weight is 245 g/mol. The molecule has 3 heteroatoms. The predicted octanol–water partition coefficient (Wildman–Crippen LogP) is 2.50.